The van der Waals surface area contributed by atoms with Crippen molar-refractivity contribution in [2.45, 2.75) is 107 Å². The molecule has 0 saturated heterocycles. The molecule has 0 aliphatic heterocycles. The molecule has 2 unspecified atom stereocenters. The van der Waals surface area contributed by atoms with Crippen molar-refractivity contribution in [1.29, 1.82) is 0 Å². The maximum absolute atomic E-state index is 7.05. The summed E-state index contributed by atoms with van der Waals surface area (Å²) in [6, 6.07) is 0. The van der Waals surface area contributed by atoms with E-state index in [2.05, 4.69) is 76.2 Å². The van der Waals surface area contributed by atoms with Gasteiger partial charge < -0.3 is 16.2 Å². The highest BCUT2D eigenvalue weighted by Gasteiger charge is 2.81. The minimum absolute atomic E-state index is 0.0176. The predicted octanol–water partition coefficient (Wildman–Crippen LogP) is 5.32. The molecule has 4 N–H and O–H groups in total. The summed E-state index contributed by atoms with van der Waals surface area (Å²) < 4.78 is 6.37. The summed E-state index contributed by atoms with van der Waals surface area (Å²) in [6.07, 6.45) is 3.15. The van der Waals surface area contributed by atoms with Crippen LogP contribution in [0.5, 0.6) is 0 Å². The van der Waals surface area contributed by atoms with E-state index in [-0.39, 0.29) is 27.1 Å². The molecular formula is C22H46N2O. The molecule has 150 valence electrons. The van der Waals surface area contributed by atoms with Gasteiger partial charge in [-0.1, -0.05) is 69.2 Å². The summed E-state index contributed by atoms with van der Waals surface area (Å²) >= 11 is 0. The third-order valence-electron chi connectivity index (χ3n) is 9.64. The molecule has 0 spiro atoms. The van der Waals surface area contributed by atoms with E-state index in [9.17, 15) is 0 Å². The van der Waals surface area contributed by atoms with Gasteiger partial charge in [-0.3, -0.25) is 0 Å². The molecule has 2 atom stereocenters. The largest absolute Gasteiger partial charge is 0.375 e. The maximum atomic E-state index is 7.05. The Labute approximate surface area is 157 Å². The van der Waals surface area contributed by atoms with Crippen LogP contribution in [0.4, 0.5) is 0 Å². The minimum atomic E-state index is -0.963. The highest BCUT2D eigenvalue weighted by Crippen LogP contribution is 2.78. The van der Waals surface area contributed by atoms with Gasteiger partial charge in [0.05, 0.1) is 5.66 Å². The number of hydrogen-bond acceptors (Lipinski definition) is 3. The standard InChI is InChI=1S/C22H46N2O/c1-13-20(14-2)17(7,8)18(9,10)22(23,24)19(11,25-12)21(20,15-3)16(4,5)6/h13-15,23-24H2,1-12H3. The van der Waals surface area contributed by atoms with Gasteiger partial charge in [0.15, 0.2) is 0 Å². The summed E-state index contributed by atoms with van der Waals surface area (Å²) in [4.78, 5) is 0. The predicted molar refractivity (Wildman–Crippen MR) is 109 cm³/mol. The first kappa shape index (κ1) is 22.9. The van der Waals surface area contributed by atoms with Gasteiger partial charge in [0, 0.05) is 17.9 Å². The Hall–Kier alpha value is -0.120. The second-order valence-electron chi connectivity index (χ2n) is 10.7. The van der Waals surface area contributed by atoms with E-state index in [1.807, 2.05) is 0 Å². The van der Waals surface area contributed by atoms with E-state index in [1.54, 1.807) is 7.11 Å². The van der Waals surface area contributed by atoms with Crippen LogP contribution in [0.1, 0.15) is 95.4 Å². The zero-order chi connectivity index (χ0) is 20.3. The molecule has 1 rings (SSSR count). The van der Waals surface area contributed by atoms with Crippen molar-refractivity contribution in [3.05, 3.63) is 0 Å². The van der Waals surface area contributed by atoms with Gasteiger partial charge >= 0.3 is 0 Å². The highest BCUT2D eigenvalue weighted by atomic mass is 16.5. The topological polar surface area (TPSA) is 61.3 Å². The highest BCUT2D eigenvalue weighted by molar-refractivity contribution is 5.31. The van der Waals surface area contributed by atoms with E-state index >= 15 is 0 Å². The van der Waals surface area contributed by atoms with Gasteiger partial charge in [-0.2, -0.15) is 0 Å². The first-order valence-electron chi connectivity index (χ1n) is 10.1. The molecular weight excluding hydrogens is 308 g/mol. The molecule has 25 heavy (non-hydrogen) atoms. The number of nitrogens with two attached hydrogens (primary N) is 2. The lowest BCUT2D eigenvalue weighted by molar-refractivity contribution is -0.351. The van der Waals surface area contributed by atoms with Crippen LogP contribution in [0.3, 0.4) is 0 Å². The van der Waals surface area contributed by atoms with Crippen molar-refractivity contribution in [3.63, 3.8) is 0 Å². The van der Waals surface area contributed by atoms with E-state index in [4.69, 9.17) is 16.2 Å². The molecule has 0 heterocycles. The lowest BCUT2D eigenvalue weighted by Gasteiger charge is -2.80. The first-order valence-corrected chi connectivity index (χ1v) is 10.1. The molecule has 1 saturated carbocycles. The van der Waals surface area contributed by atoms with Crippen molar-refractivity contribution in [3.8, 4) is 0 Å². The zero-order valence-electron chi connectivity index (χ0n) is 19.2. The average Bonchev–Trinajstić information content (AvgIpc) is 2.48. The molecule has 0 aromatic heterocycles. The summed E-state index contributed by atoms with van der Waals surface area (Å²) in [5, 5.41) is 0. The lowest BCUT2D eigenvalue weighted by Crippen LogP contribution is -2.89. The number of methoxy groups -OCH3 is 1. The Balaban J connectivity index is 4.24. The monoisotopic (exact) mass is 354 g/mol. The molecule has 1 fully saturated rings. The zero-order valence-corrected chi connectivity index (χ0v) is 19.2. The Morgan fingerprint density at radius 2 is 1.16 bits per heavy atom. The molecule has 3 nitrogen and oxygen atoms in total. The van der Waals surface area contributed by atoms with Crippen molar-refractivity contribution < 1.29 is 4.74 Å². The van der Waals surface area contributed by atoms with Crippen LogP contribution in [0, 0.1) is 27.1 Å². The molecule has 0 amide bonds. The van der Waals surface area contributed by atoms with Gasteiger partial charge in [0.1, 0.15) is 5.60 Å². The molecule has 0 bridgehead atoms. The normalized spacial score (nSPS) is 36.2. The first-order chi connectivity index (χ1) is 11.0. The number of rotatable bonds is 4. The molecule has 1 aliphatic carbocycles. The fourth-order valence-electron chi connectivity index (χ4n) is 7.77. The van der Waals surface area contributed by atoms with Gasteiger partial charge in [-0.05, 0) is 42.4 Å². The van der Waals surface area contributed by atoms with Crippen LogP contribution in [0.2, 0.25) is 0 Å². The Morgan fingerprint density at radius 1 is 0.760 bits per heavy atom. The van der Waals surface area contributed by atoms with Gasteiger partial charge in [0.2, 0.25) is 0 Å². The Morgan fingerprint density at radius 3 is 1.40 bits per heavy atom. The van der Waals surface area contributed by atoms with Crippen molar-refractivity contribution in [2.75, 3.05) is 7.11 Å². The summed E-state index contributed by atoms with van der Waals surface area (Å²) in [5.41, 5.74) is 12.0. The average molecular weight is 355 g/mol. The summed E-state index contributed by atoms with van der Waals surface area (Å²) in [7, 11) is 1.80. The quantitative estimate of drug-likeness (QED) is 0.672. The Bertz CT molecular complexity index is 497. The van der Waals surface area contributed by atoms with Crippen molar-refractivity contribution in [2.24, 2.45) is 38.5 Å². The summed E-state index contributed by atoms with van der Waals surface area (Å²) in [5.74, 6) is 0. The van der Waals surface area contributed by atoms with Gasteiger partial charge in [-0.15, -0.1) is 0 Å². The van der Waals surface area contributed by atoms with Gasteiger partial charge in [0.25, 0.3) is 0 Å². The Kier molecular flexibility index (Phi) is 5.44. The third kappa shape index (κ3) is 2.04. The molecule has 1 aliphatic rings. The fourth-order valence-corrected chi connectivity index (χ4v) is 7.77. The second kappa shape index (κ2) is 5.94. The molecule has 0 aromatic rings. The van der Waals surface area contributed by atoms with Crippen LogP contribution in [-0.4, -0.2) is 18.4 Å². The van der Waals surface area contributed by atoms with Crippen molar-refractivity contribution >= 4 is 0 Å². The lowest BCUT2D eigenvalue weighted by atomic mass is 9.27. The third-order valence-corrected chi connectivity index (χ3v) is 9.64. The van der Waals surface area contributed by atoms with Crippen LogP contribution in [0.15, 0.2) is 0 Å². The van der Waals surface area contributed by atoms with E-state index in [1.165, 1.54) is 0 Å². The molecule has 0 radical (unpaired) electrons. The van der Waals surface area contributed by atoms with Crippen LogP contribution >= 0.6 is 0 Å². The SMILES string of the molecule is CCC1(CC)C(C)(C)C(C)(C)C(N)(N)C(C)(OC)C1(CC)C(C)(C)C. The minimum Gasteiger partial charge on any atom is -0.375 e. The van der Waals surface area contributed by atoms with Crippen LogP contribution in [-0.2, 0) is 4.74 Å². The molecule has 0 aromatic carbocycles. The second-order valence-corrected chi connectivity index (χ2v) is 10.7. The maximum Gasteiger partial charge on any atom is 0.103 e. The number of ether oxygens (including phenoxy) is 1. The summed E-state index contributed by atoms with van der Waals surface area (Å²) in [6.45, 7) is 25.5. The van der Waals surface area contributed by atoms with Crippen molar-refractivity contribution in [1.82, 2.24) is 0 Å². The van der Waals surface area contributed by atoms with Crippen LogP contribution in [0.25, 0.3) is 0 Å². The fraction of sp³-hybridized carbons (Fsp3) is 1.00. The van der Waals surface area contributed by atoms with E-state index in [0.29, 0.717) is 0 Å². The van der Waals surface area contributed by atoms with Crippen LogP contribution < -0.4 is 11.5 Å². The van der Waals surface area contributed by atoms with E-state index < -0.39 is 11.3 Å². The van der Waals surface area contributed by atoms with Gasteiger partial charge in [-0.25, -0.2) is 0 Å². The molecule has 3 heteroatoms. The number of hydrogen-bond donors (Lipinski definition) is 2. The van der Waals surface area contributed by atoms with E-state index in [0.717, 1.165) is 19.3 Å². The smallest absolute Gasteiger partial charge is 0.103 e.